The van der Waals surface area contributed by atoms with Crippen LogP contribution in [0.2, 0.25) is 0 Å². The first-order valence-corrected chi connectivity index (χ1v) is 5.87. The van der Waals surface area contributed by atoms with Crippen LogP contribution < -0.4 is 5.32 Å². The summed E-state index contributed by atoms with van der Waals surface area (Å²) in [6.45, 7) is 2.65. The third kappa shape index (κ3) is 2.69. The molecule has 0 spiro atoms. The molecule has 0 radical (unpaired) electrons. The first-order valence-electron chi connectivity index (χ1n) is 5.87. The van der Waals surface area contributed by atoms with Gasteiger partial charge in [0.15, 0.2) is 0 Å². The molecule has 1 unspecified atom stereocenters. The standard InChI is InChI=1S/C11H20N2O2/c1-13(8-9-4-2-6-12-9)11(14)10-5-3-7-15-10/h9-10,12H,2-8H2,1H3/t9?,10-/m0/s1. The zero-order valence-corrected chi connectivity index (χ0v) is 9.37. The summed E-state index contributed by atoms with van der Waals surface area (Å²) in [5.74, 6) is 0.154. The van der Waals surface area contributed by atoms with Gasteiger partial charge in [0.1, 0.15) is 6.10 Å². The van der Waals surface area contributed by atoms with E-state index >= 15 is 0 Å². The molecule has 2 rings (SSSR count). The average Bonchev–Trinajstić information content (AvgIpc) is 2.88. The minimum Gasteiger partial charge on any atom is -0.368 e. The maximum absolute atomic E-state index is 11.9. The Kier molecular flexibility index (Phi) is 3.59. The Balaban J connectivity index is 1.78. The minimum absolute atomic E-state index is 0.154. The second-order valence-electron chi connectivity index (χ2n) is 4.51. The average molecular weight is 212 g/mol. The van der Waals surface area contributed by atoms with E-state index in [1.807, 2.05) is 11.9 Å². The van der Waals surface area contributed by atoms with E-state index in [-0.39, 0.29) is 12.0 Å². The fourth-order valence-electron chi connectivity index (χ4n) is 2.35. The monoisotopic (exact) mass is 212 g/mol. The summed E-state index contributed by atoms with van der Waals surface area (Å²) in [5, 5.41) is 3.40. The quantitative estimate of drug-likeness (QED) is 0.735. The lowest BCUT2D eigenvalue weighted by Crippen LogP contribution is -2.42. The van der Waals surface area contributed by atoms with Gasteiger partial charge in [0.25, 0.3) is 5.91 Å². The number of nitrogens with one attached hydrogen (secondary N) is 1. The van der Waals surface area contributed by atoms with Crippen molar-refractivity contribution in [2.24, 2.45) is 0 Å². The van der Waals surface area contributed by atoms with E-state index in [0.717, 1.165) is 32.5 Å². The third-order valence-electron chi connectivity index (χ3n) is 3.24. The minimum atomic E-state index is -0.170. The van der Waals surface area contributed by atoms with Crippen molar-refractivity contribution in [3.8, 4) is 0 Å². The highest BCUT2D eigenvalue weighted by Crippen LogP contribution is 2.15. The Hall–Kier alpha value is -0.610. The molecule has 0 bridgehead atoms. The Morgan fingerprint density at radius 1 is 1.47 bits per heavy atom. The highest BCUT2D eigenvalue weighted by Gasteiger charge is 2.28. The number of ether oxygens (including phenoxy) is 1. The van der Waals surface area contributed by atoms with E-state index in [2.05, 4.69) is 5.32 Å². The predicted octanol–water partition coefficient (Wildman–Crippen LogP) is 0.376. The van der Waals surface area contributed by atoms with Crippen LogP contribution in [0.4, 0.5) is 0 Å². The molecule has 0 aromatic carbocycles. The highest BCUT2D eigenvalue weighted by molar-refractivity contribution is 5.80. The normalized spacial score (nSPS) is 30.7. The summed E-state index contributed by atoms with van der Waals surface area (Å²) in [6, 6.07) is 0.486. The van der Waals surface area contributed by atoms with Crippen LogP contribution in [-0.2, 0) is 9.53 Å². The molecule has 0 aromatic heterocycles. The van der Waals surface area contributed by atoms with Crippen molar-refractivity contribution in [2.45, 2.75) is 37.8 Å². The van der Waals surface area contributed by atoms with Crippen molar-refractivity contribution in [1.29, 1.82) is 0 Å². The largest absolute Gasteiger partial charge is 0.368 e. The van der Waals surface area contributed by atoms with Crippen molar-refractivity contribution in [2.75, 3.05) is 26.7 Å². The summed E-state index contributed by atoms with van der Waals surface area (Å²) >= 11 is 0. The van der Waals surface area contributed by atoms with Crippen molar-refractivity contribution >= 4 is 5.91 Å². The van der Waals surface area contributed by atoms with Gasteiger partial charge in [0, 0.05) is 26.2 Å². The van der Waals surface area contributed by atoms with Gasteiger partial charge in [-0.1, -0.05) is 0 Å². The number of hydrogen-bond acceptors (Lipinski definition) is 3. The maximum Gasteiger partial charge on any atom is 0.251 e. The van der Waals surface area contributed by atoms with E-state index in [4.69, 9.17) is 4.74 Å². The van der Waals surface area contributed by atoms with E-state index in [9.17, 15) is 4.79 Å². The Morgan fingerprint density at radius 3 is 2.93 bits per heavy atom. The van der Waals surface area contributed by atoms with Crippen LogP contribution in [0.1, 0.15) is 25.7 Å². The lowest BCUT2D eigenvalue weighted by molar-refractivity contribution is -0.139. The van der Waals surface area contributed by atoms with Crippen molar-refractivity contribution in [1.82, 2.24) is 10.2 Å². The summed E-state index contributed by atoms with van der Waals surface area (Å²) in [6.07, 6.45) is 4.15. The summed E-state index contributed by atoms with van der Waals surface area (Å²) in [4.78, 5) is 13.7. The predicted molar refractivity (Wildman–Crippen MR) is 57.6 cm³/mol. The SMILES string of the molecule is CN(CC1CCCN1)C(=O)[C@@H]1CCCO1. The molecule has 0 saturated carbocycles. The molecular formula is C11H20N2O2. The van der Waals surface area contributed by atoms with Crippen LogP contribution in [0.25, 0.3) is 0 Å². The zero-order chi connectivity index (χ0) is 10.7. The van der Waals surface area contributed by atoms with Gasteiger partial charge in [-0.25, -0.2) is 0 Å². The van der Waals surface area contributed by atoms with E-state index in [1.54, 1.807) is 0 Å². The van der Waals surface area contributed by atoms with Gasteiger partial charge in [0.2, 0.25) is 0 Å². The number of amides is 1. The Labute approximate surface area is 91.0 Å². The number of likely N-dealkylation sites (N-methyl/N-ethyl adjacent to an activating group) is 1. The molecule has 86 valence electrons. The van der Waals surface area contributed by atoms with Crippen LogP contribution in [0, 0.1) is 0 Å². The smallest absolute Gasteiger partial charge is 0.251 e. The summed E-state index contributed by atoms with van der Waals surface area (Å²) in [5.41, 5.74) is 0. The van der Waals surface area contributed by atoms with Gasteiger partial charge in [-0.15, -0.1) is 0 Å². The number of carbonyl (C=O) groups is 1. The van der Waals surface area contributed by atoms with E-state index in [1.165, 1.54) is 12.8 Å². The van der Waals surface area contributed by atoms with Crippen LogP contribution in [0.5, 0.6) is 0 Å². The lowest BCUT2D eigenvalue weighted by Gasteiger charge is -2.23. The first-order chi connectivity index (χ1) is 7.27. The topological polar surface area (TPSA) is 41.6 Å². The third-order valence-corrected chi connectivity index (χ3v) is 3.24. The van der Waals surface area contributed by atoms with Crippen LogP contribution in [0.15, 0.2) is 0 Å². The Bertz CT molecular complexity index is 221. The fraction of sp³-hybridized carbons (Fsp3) is 0.909. The molecule has 15 heavy (non-hydrogen) atoms. The molecule has 2 fully saturated rings. The summed E-state index contributed by atoms with van der Waals surface area (Å²) in [7, 11) is 1.88. The molecule has 2 saturated heterocycles. The van der Waals surface area contributed by atoms with Crippen molar-refractivity contribution in [3.63, 3.8) is 0 Å². The van der Waals surface area contributed by atoms with Crippen molar-refractivity contribution in [3.05, 3.63) is 0 Å². The molecule has 2 aliphatic heterocycles. The molecule has 0 aromatic rings. The van der Waals surface area contributed by atoms with Gasteiger partial charge in [0.05, 0.1) is 0 Å². The molecule has 4 nitrogen and oxygen atoms in total. The highest BCUT2D eigenvalue weighted by atomic mass is 16.5. The molecule has 1 N–H and O–H groups in total. The molecule has 4 heteroatoms. The fourth-order valence-corrected chi connectivity index (χ4v) is 2.35. The molecule has 2 aliphatic rings. The van der Waals surface area contributed by atoms with Gasteiger partial charge in [-0.3, -0.25) is 4.79 Å². The zero-order valence-electron chi connectivity index (χ0n) is 9.37. The van der Waals surface area contributed by atoms with Gasteiger partial charge < -0.3 is 15.0 Å². The van der Waals surface area contributed by atoms with Crippen LogP contribution >= 0.6 is 0 Å². The molecule has 2 heterocycles. The lowest BCUT2D eigenvalue weighted by atomic mass is 10.2. The molecule has 1 amide bonds. The van der Waals surface area contributed by atoms with Gasteiger partial charge >= 0.3 is 0 Å². The van der Waals surface area contributed by atoms with Crippen molar-refractivity contribution < 1.29 is 9.53 Å². The molecule has 0 aliphatic carbocycles. The molecule has 2 atom stereocenters. The number of hydrogen-bond donors (Lipinski definition) is 1. The van der Waals surface area contributed by atoms with Gasteiger partial charge in [-0.2, -0.15) is 0 Å². The number of carbonyl (C=O) groups excluding carboxylic acids is 1. The second kappa shape index (κ2) is 4.94. The maximum atomic E-state index is 11.9. The first kappa shape index (κ1) is 10.9. The second-order valence-corrected chi connectivity index (χ2v) is 4.51. The van der Waals surface area contributed by atoms with Crippen LogP contribution in [0.3, 0.4) is 0 Å². The van der Waals surface area contributed by atoms with E-state index < -0.39 is 0 Å². The van der Waals surface area contributed by atoms with Gasteiger partial charge in [-0.05, 0) is 32.2 Å². The Morgan fingerprint density at radius 2 is 2.33 bits per heavy atom. The van der Waals surface area contributed by atoms with Crippen LogP contribution in [-0.4, -0.2) is 49.7 Å². The molecular weight excluding hydrogens is 192 g/mol. The summed E-state index contributed by atoms with van der Waals surface area (Å²) < 4.78 is 5.39. The number of rotatable bonds is 3. The van der Waals surface area contributed by atoms with E-state index in [0.29, 0.717) is 6.04 Å². The number of nitrogens with zero attached hydrogens (tertiary/aromatic N) is 1.